The molecule has 0 radical (unpaired) electrons. The van der Waals surface area contributed by atoms with Gasteiger partial charge in [0.2, 0.25) is 0 Å². The van der Waals surface area contributed by atoms with Gasteiger partial charge >= 0.3 is 0 Å². The van der Waals surface area contributed by atoms with Crippen LogP contribution in [-0.2, 0) is 0 Å². The zero-order chi connectivity index (χ0) is 15.2. The van der Waals surface area contributed by atoms with E-state index in [1.54, 1.807) is 5.56 Å². The topological polar surface area (TPSA) is 0 Å². The Morgan fingerprint density at radius 2 is 1.17 bits per heavy atom. The van der Waals surface area contributed by atoms with Crippen molar-refractivity contribution in [1.82, 2.24) is 0 Å². The maximum atomic E-state index is 2.42. The molecule has 5 rings (SSSR count). The Labute approximate surface area is 136 Å². The average Bonchev–Trinajstić information content (AvgIpc) is 3.12. The SMILES string of the molecule is c1ccc2cc3cc4c(C5CCCC5)cccc4cc3cc2c1. The predicted octanol–water partition coefficient (Wildman–Crippen LogP) is 6.80. The van der Waals surface area contributed by atoms with Crippen molar-refractivity contribution in [2.45, 2.75) is 31.6 Å². The summed E-state index contributed by atoms with van der Waals surface area (Å²) in [5, 5.41) is 8.21. The van der Waals surface area contributed by atoms with Gasteiger partial charge in [-0.2, -0.15) is 0 Å². The molecule has 0 atom stereocenters. The van der Waals surface area contributed by atoms with Gasteiger partial charge in [0.1, 0.15) is 0 Å². The van der Waals surface area contributed by atoms with E-state index in [-0.39, 0.29) is 0 Å². The minimum atomic E-state index is 0.761. The molecule has 112 valence electrons. The fourth-order valence-corrected chi connectivity index (χ4v) is 4.34. The molecular formula is C23H20. The lowest BCUT2D eigenvalue weighted by Gasteiger charge is -2.14. The van der Waals surface area contributed by atoms with Crippen LogP contribution < -0.4 is 0 Å². The van der Waals surface area contributed by atoms with Gasteiger partial charge in [-0.05, 0) is 80.9 Å². The molecule has 23 heavy (non-hydrogen) atoms. The highest BCUT2D eigenvalue weighted by Gasteiger charge is 2.19. The van der Waals surface area contributed by atoms with Crippen molar-refractivity contribution >= 4 is 32.3 Å². The highest BCUT2D eigenvalue weighted by Crippen LogP contribution is 2.39. The lowest BCUT2D eigenvalue weighted by atomic mass is 9.90. The molecule has 0 N–H and O–H groups in total. The summed E-state index contributed by atoms with van der Waals surface area (Å²) >= 11 is 0. The van der Waals surface area contributed by atoms with Gasteiger partial charge < -0.3 is 0 Å². The first-order chi connectivity index (χ1) is 11.4. The number of hydrogen-bond acceptors (Lipinski definition) is 0. The molecule has 4 aromatic rings. The van der Waals surface area contributed by atoms with Crippen molar-refractivity contribution in [3.63, 3.8) is 0 Å². The number of benzene rings is 4. The molecule has 0 aliphatic heterocycles. The molecule has 1 aliphatic carbocycles. The Morgan fingerprint density at radius 3 is 1.91 bits per heavy atom. The Morgan fingerprint density at radius 1 is 0.565 bits per heavy atom. The Bertz CT molecular complexity index is 1020. The van der Waals surface area contributed by atoms with Crippen LogP contribution in [0.3, 0.4) is 0 Å². The van der Waals surface area contributed by atoms with E-state index in [1.165, 1.54) is 58.0 Å². The zero-order valence-electron chi connectivity index (χ0n) is 13.3. The van der Waals surface area contributed by atoms with Crippen LogP contribution in [0.2, 0.25) is 0 Å². The van der Waals surface area contributed by atoms with Gasteiger partial charge in [0.05, 0.1) is 0 Å². The summed E-state index contributed by atoms with van der Waals surface area (Å²) in [4.78, 5) is 0. The highest BCUT2D eigenvalue weighted by atomic mass is 14.2. The average molecular weight is 296 g/mol. The first kappa shape index (κ1) is 13.1. The van der Waals surface area contributed by atoms with Gasteiger partial charge in [0.15, 0.2) is 0 Å². The Kier molecular flexibility index (Phi) is 2.91. The van der Waals surface area contributed by atoms with E-state index in [0.717, 1.165) is 5.92 Å². The standard InChI is InChI=1S/C23H20/c1-2-7-16(6-1)22-11-5-10-19-14-20-12-17-8-3-4-9-18(17)13-21(20)15-23(19)22/h3-5,8-16H,1-2,6-7H2. The summed E-state index contributed by atoms with van der Waals surface area (Å²) in [6.45, 7) is 0. The van der Waals surface area contributed by atoms with Gasteiger partial charge in [-0.3, -0.25) is 0 Å². The maximum absolute atomic E-state index is 2.42. The fourth-order valence-electron chi connectivity index (χ4n) is 4.34. The molecule has 0 heterocycles. The van der Waals surface area contributed by atoms with Crippen LogP contribution in [0.4, 0.5) is 0 Å². The molecule has 1 aliphatic rings. The molecular weight excluding hydrogens is 276 g/mol. The minimum absolute atomic E-state index is 0.761. The number of fused-ring (bicyclic) bond motifs is 3. The molecule has 0 heteroatoms. The van der Waals surface area contributed by atoms with Gasteiger partial charge in [-0.1, -0.05) is 55.3 Å². The second kappa shape index (κ2) is 5.09. The fraction of sp³-hybridized carbons (Fsp3) is 0.217. The van der Waals surface area contributed by atoms with E-state index in [1.807, 2.05) is 0 Å². The highest BCUT2D eigenvalue weighted by molar-refractivity contribution is 6.05. The predicted molar refractivity (Wildman–Crippen MR) is 100 cm³/mol. The van der Waals surface area contributed by atoms with Crippen LogP contribution in [0.5, 0.6) is 0 Å². The van der Waals surface area contributed by atoms with E-state index in [2.05, 4.69) is 66.7 Å². The molecule has 0 unspecified atom stereocenters. The largest absolute Gasteiger partial charge is 0.0616 e. The summed E-state index contributed by atoms with van der Waals surface area (Å²) in [6.07, 6.45) is 5.49. The van der Waals surface area contributed by atoms with Crippen LogP contribution in [-0.4, -0.2) is 0 Å². The number of hydrogen-bond donors (Lipinski definition) is 0. The Balaban J connectivity index is 1.82. The lowest BCUT2D eigenvalue weighted by molar-refractivity contribution is 0.729. The summed E-state index contributed by atoms with van der Waals surface area (Å²) in [5.41, 5.74) is 1.56. The van der Waals surface area contributed by atoms with Crippen LogP contribution in [0.1, 0.15) is 37.2 Å². The molecule has 0 nitrogen and oxygen atoms in total. The lowest BCUT2D eigenvalue weighted by Crippen LogP contribution is -1.93. The third kappa shape index (κ3) is 2.13. The monoisotopic (exact) mass is 296 g/mol. The molecule has 1 saturated carbocycles. The van der Waals surface area contributed by atoms with Crippen molar-refractivity contribution in [1.29, 1.82) is 0 Å². The van der Waals surface area contributed by atoms with Crippen molar-refractivity contribution in [3.05, 3.63) is 72.3 Å². The van der Waals surface area contributed by atoms with E-state index in [0.29, 0.717) is 0 Å². The van der Waals surface area contributed by atoms with E-state index in [9.17, 15) is 0 Å². The molecule has 0 spiro atoms. The van der Waals surface area contributed by atoms with Crippen molar-refractivity contribution in [3.8, 4) is 0 Å². The zero-order valence-corrected chi connectivity index (χ0v) is 13.3. The van der Waals surface area contributed by atoms with Crippen molar-refractivity contribution in [2.24, 2.45) is 0 Å². The quantitative estimate of drug-likeness (QED) is 0.339. The molecule has 4 aromatic carbocycles. The molecule has 0 saturated heterocycles. The van der Waals surface area contributed by atoms with Crippen molar-refractivity contribution in [2.75, 3.05) is 0 Å². The van der Waals surface area contributed by atoms with Crippen LogP contribution in [0, 0.1) is 0 Å². The first-order valence-corrected chi connectivity index (χ1v) is 8.74. The minimum Gasteiger partial charge on any atom is -0.0616 e. The third-order valence-electron chi connectivity index (χ3n) is 5.53. The summed E-state index contributed by atoms with van der Waals surface area (Å²) in [6, 6.07) is 25.0. The van der Waals surface area contributed by atoms with Crippen LogP contribution >= 0.6 is 0 Å². The number of rotatable bonds is 1. The Hall–Kier alpha value is -2.34. The molecule has 0 bridgehead atoms. The second-order valence-electron chi connectivity index (χ2n) is 6.95. The van der Waals surface area contributed by atoms with E-state index in [4.69, 9.17) is 0 Å². The third-order valence-corrected chi connectivity index (χ3v) is 5.53. The van der Waals surface area contributed by atoms with Gasteiger partial charge in [-0.25, -0.2) is 0 Å². The molecule has 0 amide bonds. The summed E-state index contributed by atoms with van der Waals surface area (Å²) < 4.78 is 0. The van der Waals surface area contributed by atoms with E-state index < -0.39 is 0 Å². The van der Waals surface area contributed by atoms with Gasteiger partial charge in [0.25, 0.3) is 0 Å². The van der Waals surface area contributed by atoms with Crippen molar-refractivity contribution < 1.29 is 0 Å². The van der Waals surface area contributed by atoms with Gasteiger partial charge in [-0.15, -0.1) is 0 Å². The molecule has 1 fully saturated rings. The normalized spacial score (nSPS) is 15.8. The van der Waals surface area contributed by atoms with E-state index >= 15 is 0 Å². The van der Waals surface area contributed by atoms with Crippen LogP contribution in [0.15, 0.2) is 66.7 Å². The van der Waals surface area contributed by atoms with Gasteiger partial charge in [0, 0.05) is 0 Å². The first-order valence-electron chi connectivity index (χ1n) is 8.74. The summed E-state index contributed by atoms with van der Waals surface area (Å²) in [7, 11) is 0. The molecule has 0 aromatic heterocycles. The van der Waals surface area contributed by atoms with Crippen LogP contribution in [0.25, 0.3) is 32.3 Å². The summed E-state index contributed by atoms with van der Waals surface area (Å²) in [5.74, 6) is 0.761. The smallest absolute Gasteiger partial charge is 0.0143 e. The second-order valence-corrected chi connectivity index (χ2v) is 6.95. The maximum Gasteiger partial charge on any atom is -0.0143 e.